The first-order valence-corrected chi connectivity index (χ1v) is 18.2. The van der Waals surface area contributed by atoms with Crippen molar-refractivity contribution in [2.45, 2.75) is 0 Å². The van der Waals surface area contributed by atoms with Crippen molar-refractivity contribution in [3.05, 3.63) is 194 Å². The van der Waals surface area contributed by atoms with Crippen molar-refractivity contribution in [3.8, 4) is 56.2 Å². The number of benzene rings is 9. The fourth-order valence-electron chi connectivity index (χ4n) is 7.78. The average Bonchev–Trinajstić information content (AvgIpc) is 3.72. The van der Waals surface area contributed by atoms with Gasteiger partial charge in [-0.1, -0.05) is 158 Å². The molecule has 0 unspecified atom stereocenters. The molecular weight excluding hydrogens is 669 g/mol. The van der Waals surface area contributed by atoms with Crippen LogP contribution in [0.3, 0.4) is 0 Å². The van der Waals surface area contributed by atoms with Gasteiger partial charge < -0.3 is 4.42 Å². The minimum Gasteiger partial charge on any atom is -0.456 e. The maximum atomic E-state index is 9.86. The molecule has 0 amide bonds. The molecule has 0 aliphatic heterocycles. The number of furan rings is 1. The fraction of sp³-hybridized carbons (Fsp3) is 0. The van der Waals surface area contributed by atoms with E-state index in [1.54, 1.807) is 6.07 Å². The normalized spacial score (nSPS) is 13.2. The molecule has 0 radical (unpaired) electrons. The van der Waals surface area contributed by atoms with E-state index in [1.807, 2.05) is 127 Å². The maximum absolute atomic E-state index is 9.86. The monoisotopic (exact) mass is 706 g/mol. The molecule has 0 bridgehead atoms. The zero-order chi connectivity index (χ0) is 41.5. The number of rotatable bonds is 5. The van der Waals surface area contributed by atoms with E-state index < -0.39 is 0 Å². The van der Waals surface area contributed by atoms with E-state index in [4.69, 9.17) is 17.1 Å². The summed E-state index contributed by atoms with van der Waals surface area (Å²) >= 11 is 0. The Morgan fingerprint density at radius 1 is 0.382 bits per heavy atom. The Morgan fingerprint density at radius 3 is 1.73 bits per heavy atom. The van der Waals surface area contributed by atoms with Crippen LogP contribution in [0.25, 0.3) is 110 Å². The molecule has 0 spiro atoms. The van der Waals surface area contributed by atoms with Crippen LogP contribution in [0, 0.1) is 0 Å². The average molecular weight is 707 g/mol. The Balaban J connectivity index is 1.20. The first-order valence-electron chi connectivity index (χ1n) is 21.2. The van der Waals surface area contributed by atoms with E-state index in [1.165, 1.54) is 0 Å². The fourth-order valence-corrected chi connectivity index (χ4v) is 7.78. The molecule has 0 N–H and O–H groups in total. The van der Waals surface area contributed by atoms with Gasteiger partial charge in [-0.05, 0) is 90.9 Å². The lowest BCUT2D eigenvalue weighted by atomic mass is 9.91. The third kappa shape index (κ3) is 5.28. The molecule has 55 heavy (non-hydrogen) atoms. The molecule has 2 aromatic heterocycles. The maximum Gasteiger partial charge on any atom is 0.160 e. The molecule has 3 nitrogen and oxygen atoms in total. The summed E-state index contributed by atoms with van der Waals surface area (Å²) in [5, 5.41) is 6.72. The van der Waals surface area contributed by atoms with Gasteiger partial charge in [0.25, 0.3) is 0 Å². The first kappa shape index (κ1) is 25.6. The molecule has 9 aromatic carbocycles. The number of aromatic nitrogens is 2. The van der Waals surface area contributed by atoms with Crippen LogP contribution in [-0.4, -0.2) is 9.97 Å². The molecule has 11 rings (SSSR count). The minimum absolute atomic E-state index is 0.0481. The molecule has 3 heteroatoms. The van der Waals surface area contributed by atoms with E-state index in [0.717, 1.165) is 54.6 Å². The topological polar surface area (TPSA) is 38.9 Å². The van der Waals surface area contributed by atoms with Crippen molar-refractivity contribution in [3.63, 3.8) is 0 Å². The van der Waals surface area contributed by atoms with Gasteiger partial charge in [-0.15, -0.1) is 0 Å². The summed E-state index contributed by atoms with van der Waals surface area (Å²) < 4.78 is 62.2. The van der Waals surface area contributed by atoms with Crippen LogP contribution in [0.1, 0.15) is 8.22 Å². The molecule has 256 valence electrons. The zero-order valence-electron chi connectivity index (χ0n) is 35.3. The number of nitrogens with zero attached hydrogens (tertiary/aromatic N) is 2. The van der Waals surface area contributed by atoms with Crippen LogP contribution >= 0.6 is 0 Å². The van der Waals surface area contributed by atoms with Gasteiger partial charge in [0.2, 0.25) is 0 Å². The lowest BCUT2D eigenvalue weighted by Crippen LogP contribution is -1.96. The van der Waals surface area contributed by atoms with Gasteiger partial charge in [0.15, 0.2) is 5.82 Å². The molecule has 0 aliphatic carbocycles. The highest BCUT2D eigenvalue weighted by molar-refractivity contribution is 6.26. The van der Waals surface area contributed by atoms with Crippen molar-refractivity contribution < 1.29 is 12.6 Å². The summed E-state index contributed by atoms with van der Waals surface area (Å²) in [5.74, 6) is 0.383. The second-order valence-electron chi connectivity index (χ2n) is 13.6. The standard InChI is InChI=1S/C52H32N2O/c1-3-13-33(14-4-1)35-17-11-18-38(29-35)52-53-47(34-15-5-2-6-16-34)32-48(54-52)44-23-12-24-50-51(44)46-31-37(26-28-49(46)55-50)36-25-27-43-41-21-8-7-19-39(41)40-20-9-10-22-42(40)45(43)30-36/h1-32H/i12D,23D,24D,26D,28D,31D. The summed E-state index contributed by atoms with van der Waals surface area (Å²) in [4.78, 5) is 10.1. The predicted molar refractivity (Wildman–Crippen MR) is 229 cm³/mol. The first-order chi connectivity index (χ1) is 29.8. The largest absolute Gasteiger partial charge is 0.456 e. The van der Waals surface area contributed by atoms with Crippen molar-refractivity contribution in [1.82, 2.24) is 9.97 Å². The van der Waals surface area contributed by atoms with Gasteiger partial charge in [0.1, 0.15) is 11.2 Å². The third-order valence-electron chi connectivity index (χ3n) is 10.4. The summed E-state index contributed by atoms with van der Waals surface area (Å²) in [6, 6.07) is 50.2. The Labute approximate surface area is 326 Å². The third-order valence-corrected chi connectivity index (χ3v) is 10.4. The van der Waals surface area contributed by atoms with E-state index in [-0.39, 0.29) is 69.3 Å². The van der Waals surface area contributed by atoms with E-state index in [0.29, 0.717) is 22.8 Å². The van der Waals surface area contributed by atoms with E-state index in [2.05, 4.69) is 24.3 Å². The molecule has 0 fully saturated rings. The van der Waals surface area contributed by atoms with Gasteiger partial charge in [0.05, 0.1) is 19.6 Å². The van der Waals surface area contributed by atoms with Crippen LogP contribution in [-0.2, 0) is 0 Å². The van der Waals surface area contributed by atoms with Gasteiger partial charge >= 0.3 is 0 Å². The molecule has 0 atom stereocenters. The van der Waals surface area contributed by atoms with Crippen molar-refractivity contribution in [2.75, 3.05) is 0 Å². The number of hydrogen-bond donors (Lipinski definition) is 0. The number of hydrogen-bond acceptors (Lipinski definition) is 3. The Morgan fingerprint density at radius 2 is 0.982 bits per heavy atom. The lowest BCUT2D eigenvalue weighted by Gasteiger charge is -2.12. The molecule has 11 aromatic rings. The number of fused-ring (bicyclic) bond motifs is 9. The van der Waals surface area contributed by atoms with Crippen molar-refractivity contribution in [1.29, 1.82) is 0 Å². The SMILES string of the molecule is [2H]c1c(-c2ccc3c4ccccc4c4ccccc4c3c2)c([2H])c2c(oc3c([2H])c([2H])c([2H])c(-c4cc(-c5ccccc5)nc(-c5cccc(-c6ccccc6)c5)n4)c32)c1[2H]. The summed E-state index contributed by atoms with van der Waals surface area (Å²) in [6.07, 6.45) is 0. The van der Waals surface area contributed by atoms with Gasteiger partial charge in [0, 0.05) is 27.5 Å². The second kappa shape index (κ2) is 12.6. The van der Waals surface area contributed by atoms with Crippen molar-refractivity contribution >= 4 is 54.3 Å². The van der Waals surface area contributed by atoms with Crippen LogP contribution < -0.4 is 0 Å². The highest BCUT2D eigenvalue weighted by Crippen LogP contribution is 2.41. The van der Waals surface area contributed by atoms with E-state index in [9.17, 15) is 5.48 Å². The van der Waals surface area contributed by atoms with Gasteiger partial charge in [-0.25, -0.2) is 9.97 Å². The molecule has 0 saturated heterocycles. The highest BCUT2D eigenvalue weighted by Gasteiger charge is 2.18. The Bertz CT molecular complexity index is 3570. The molecule has 0 saturated carbocycles. The zero-order valence-corrected chi connectivity index (χ0v) is 29.3. The lowest BCUT2D eigenvalue weighted by molar-refractivity contribution is 0.669. The molecule has 2 heterocycles. The minimum atomic E-state index is -0.382. The van der Waals surface area contributed by atoms with Gasteiger partial charge in [-0.2, -0.15) is 0 Å². The van der Waals surface area contributed by atoms with Crippen LogP contribution in [0.5, 0.6) is 0 Å². The van der Waals surface area contributed by atoms with Crippen molar-refractivity contribution in [2.24, 2.45) is 0 Å². The molecular formula is C52H32N2O. The summed E-state index contributed by atoms with van der Waals surface area (Å²) in [6.45, 7) is 0. The summed E-state index contributed by atoms with van der Waals surface area (Å²) in [5.41, 5.74) is 5.30. The Kier molecular flexibility index (Phi) is 5.88. The quantitative estimate of drug-likeness (QED) is 0.167. The predicted octanol–water partition coefficient (Wildman–Crippen LogP) is 14.2. The van der Waals surface area contributed by atoms with Crippen LogP contribution in [0.4, 0.5) is 0 Å². The smallest absolute Gasteiger partial charge is 0.160 e. The molecule has 0 aliphatic rings. The summed E-state index contributed by atoms with van der Waals surface area (Å²) in [7, 11) is 0. The van der Waals surface area contributed by atoms with Gasteiger partial charge in [-0.3, -0.25) is 0 Å². The highest BCUT2D eigenvalue weighted by atomic mass is 16.3. The van der Waals surface area contributed by atoms with Crippen LogP contribution in [0.15, 0.2) is 198 Å². The van der Waals surface area contributed by atoms with Crippen LogP contribution in [0.2, 0.25) is 0 Å². The second-order valence-corrected chi connectivity index (χ2v) is 13.6. The van der Waals surface area contributed by atoms with E-state index >= 15 is 0 Å². The Hall–Kier alpha value is -7.36.